The maximum Gasteiger partial charge on any atom is 0.412 e. The molecule has 2 N–H and O–H groups in total. The zero-order chi connectivity index (χ0) is 13.8. The molecular weight excluding hydrogens is 254 g/mol. The maximum atomic E-state index is 11.6. The van der Waals surface area contributed by atoms with E-state index in [9.17, 15) is 4.79 Å². The minimum absolute atomic E-state index is 0.0106. The van der Waals surface area contributed by atoms with Crippen LogP contribution in [-0.4, -0.2) is 23.4 Å². The molecule has 0 aromatic heterocycles. The highest BCUT2D eigenvalue weighted by Crippen LogP contribution is 2.22. The number of hydrogen-bond acceptors (Lipinski definition) is 3. The summed E-state index contributed by atoms with van der Waals surface area (Å²) in [4.78, 5) is 11.6. The standard InChI is InChI=1S/C13H18ClNO3/c1-13(2,3)18-12(17)15-11-5-4-10(14)8-9(11)6-7-16/h4-5,8,16H,6-7H2,1-3H3,(H,15,17). The average Bonchev–Trinajstić information content (AvgIpc) is 2.20. The molecule has 0 fully saturated rings. The molecule has 0 saturated heterocycles. The van der Waals surface area contributed by atoms with Crippen molar-refractivity contribution < 1.29 is 14.6 Å². The molecule has 1 aromatic rings. The van der Waals surface area contributed by atoms with Gasteiger partial charge in [0.15, 0.2) is 0 Å². The van der Waals surface area contributed by atoms with Crippen LogP contribution in [0.15, 0.2) is 18.2 Å². The fourth-order valence-corrected chi connectivity index (χ4v) is 1.62. The first-order valence-electron chi connectivity index (χ1n) is 5.71. The lowest BCUT2D eigenvalue weighted by molar-refractivity contribution is 0.0635. The Bertz CT molecular complexity index is 427. The van der Waals surface area contributed by atoms with Crippen molar-refractivity contribution in [1.82, 2.24) is 0 Å². The quantitative estimate of drug-likeness (QED) is 0.887. The molecule has 1 aromatic carbocycles. The van der Waals surface area contributed by atoms with E-state index >= 15 is 0 Å². The molecule has 18 heavy (non-hydrogen) atoms. The van der Waals surface area contributed by atoms with E-state index in [1.54, 1.807) is 39.0 Å². The number of benzene rings is 1. The topological polar surface area (TPSA) is 58.6 Å². The van der Waals surface area contributed by atoms with Gasteiger partial charge in [0.25, 0.3) is 0 Å². The van der Waals surface area contributed by atoms with Crippen LogP contribution in [0.5, 0.6) is 0 Å². The Kier molecular flexibility index (Phi) is 4.99. The van der Waals surface area contributed by atoms with Crippen molar-refractivity contribution in [3.8, 4) is 0 Å². The molecule has 0 aliphatic heterocycles. The van der Waals surface area contributed by atoms with Gasteiger partial charge in [-0.1, -0.05) is 11.6 Å². The van der Waals surface area contributed by atoms with Crippen molar-refractivity contribution in [2.75, 3.05) is 11.9 Å². The van der Waals surface area contributed by atoms with Crippen LogP contribution in [0.1, 0.15) is 26.3 Å². The molecule has 0 atom stereocenters. The summed E-state index contributed by atoms with van der Waals surface area (Å²) in [6, 6.07) is 5.08. The normalized spacial score (nSPS) is 11.2. The third-order valence-electron chi connectivity index (χ3n) is 2.08. The highest BCUT2D eigenvalue weighted by molar-refractivity contribution is 6.30. The van der Waals surface area contributed by atoms with Crippen molar-refractivity contribution in [3.05, 3.63) is 28.8 Å². The fraction of sp³-hybridized carbons (Fsp3) is 0.462. The molecule has 0 heterocycles. The van der Waals surface area contributed by atoms with Gasteiger partial charge < -0.3 is 9.84 Å². The van der Waals surface area contributed by atoms with Crippen molar-refractivity contribution in [1.29, 1.82) is 0 Å². The molecule has 100 valence electrons. The number of amides is 1. The first-order chi connectivity index (χ1) is 8.31. The second-order valence-electron chi connectivity index (χ2n) is 4.90. The number of nitrogens with one attached hydrogen (secondary N) is 1. The zero-order valence-corrected chi connectivity index (χ0v) is 11.5. The van der Waals surface area contributed by atoms with Gasteiger partial charge in [0.1, 0.15) is 5.60 Å². The van der Waals surface area contributed by atoms with Crippen LogP contribution in [0.3, 0.4) is 0 Å². The molecule has 5 heteroatoms. The second kappa shape index (κ2) is 6.07. The Morgan fingerprint density at radius 2 is 2.11 bits per heavy atom. The Morgan fingerprint density at radius 1 is 1.44 bits per heavy atom. The smallest absolute Gasteiger partial charge is 0.412 e. The van der Waals surface area contributed by atoms with Crippen LogP contribution in [0, 0.1) is 0 Å². The summed E-state index contributed by atoms with van der Waals surface area (Å²) in [5.74, 6) is 0. The van der Waals surface area contributed by atoms with Gasteiger partial charge >= 0.3 is 6.09 Å². The van der Waals surface area contributed by atoms with Crippen LogP contribution in [-0.2, 0) is 11.2 Å². The van der Waals surface area contributed by atoms with E-state index in [4.69, 9.17) is 21.4 Å². The molecular formula is C13H18ClNO3. The van der Waals surface area contributed by atoms with E-state index in [0.29, 0.717) is 17.1 Å². The van der Waals surface area contributed by atoms with Gasteiger partial charge in [0.05, 0.1) is 0 Å². The molecule has 4 nitrogen and oxygen atoms in total. The van der Waals surface area contributed by atoms with Crippen LogP contribution in [0.2, 0.25) is 5.02 Å². The van der Waals surface area contributed by atoms with Gasteiger partial charge in [0.2, 0.25) is 0 Å². The number of rotatable bonds is 3. The molecule has 0 spiro atoms. The number of carbonyl (C=O) groups excluding carboxylic acids is 1. The summed E-state index contributed by atoms with van der Waals surface area (Å²) >= 11 is 5.87. The Balaban J connectivity index is 2.80. The number of carbonyl (C=O) groups is 1. The van der Waals surface area contributed by atoms with Gasteiger partial charge in [-0.05, 0) is 51.0 Å². The fourth-order valence-electron chi connectivity index (χ4n) is 1.43. The summed E-state index contributed by atoms with van der Waals surface area (Å²) in [5.41, 5.74) is 0.826. The molecule has 1 amide bonds. The minimum atomic E-state index is -0.548. The van der Waals surface area contributed by atoms with Gasteiger partial charge in [-0.25, -0.2) is 4.79 Å². The third kappa shape index (κ3) is 4.94. The number of ether oxygens (including phenoxy) is 1. The van der Waals surface area contributed by atoms with Crippen molar-refractivity contribution in [2.45, 2.75) is 32.8 Å². The Labute approximate surface area is 112 Å². The van der Waals surface area contributed by atoms with Crippen LogP contribution < -0.4 is 5.32 Å². The average molecular weight is 272 g/mol. The van der Waals surface area contributed by atoms with E-state index in [2.05, 4.69) is 5.32 Å². The monoisotopic (exact) mass is 271 g/mol. The first-order valence-corrected chi connectivity index (χ1v) is 6.09. The first kappa shape index (κ1) is 14.8. The molecule has 0 radical (unpaired) electrons. The highest BCUT2D eigenvalue weighted by atomic mass is 35.5. The van der Waals surface area contributed by atoms with Crippen LogP contribution in [0.4, 0.5) is 10.5 Å². The Morgan fingerprint density at radius 3 is 2.67 bits per heavy atom. The van der Waals surface area contributed by atoms with Crippen molar-refractivity contribution in [2.24, 2.45) is 0 Å². The van der Waals surface area contributed by atoms with E-state index in [-0.39, 0.29) is 6.61 Å². The lowest BCUT2D eigenvalue weighted by Crippen LogP contribution is -2.27. The maximum absolute atomic E-state index is 11.6. The predicted octanol–water partition coefficient (Wildman–Crippen LogP) is 3.22. The summed E-state index contributed by atoms with van der Waals surface area (Å²) in [5, 5.41) is 12.2. The number of halogens is 1. The van der Waals surface area contributed by atoms with E-state index < -0.39 is 11.7 Å². The van der Waals surface area contributed by atoms with Crippen molar-refractivity contribution in [3.63, 3.8) is 0 Å². The lowest BCUT2D eigenvalue weighted by Gasteiger charge is -2.20. The van der Waals surface area contributed by atoms with Gasteiger partial charge in [-0.2, -0.15) is 0 Å². The molecule has 0 saturated carbocycles. The largest absolute Gasteiger partial charge is 0.444 e. The van der Waals surface area contributed by atoms with E-state index in [1.165, 1.54) is 0 Å². The summed E-state index contributed by atoms with van der Waals surface area (Å²) in [6.45, 7) is 5.37. The second-order valence-corrected chi connectivity index (χ2v) is 5.34. The number of hydrogen-bond donors (Lipinski definition) is 2. The summed E-state index contributed by atoms with van der Waals surface area (Å²) in [6.07, 6.45) is -0.102. The Hall–Kier alpha value is -1.26. The van der Waals surface area contributed by atoms with E-state index in [1.807, 2.05) is 0 Å². The molecule has 0 aliphatic carbocycles. The zero-order valence-electron chi connectivity index (χ0n) is 10.8. The van der Waals surface area contributed by atoms with Crippen LogP contribution in [0.25, 0.3) is 0 Å². The van der Waals surface area contributed by atoms with Gasteiger partial charge in [-0.3, -0.25) is 5.32 Å². The number of anilines is 1. The minimum Gasteiger partial charge on any atom is -0.444 e. The summed E-state index contributed by atoms with van der Waals surface area (Å²) < 4.78 is 5.16. The molecule has 1 rings (SSSR count). The SMILES string of the molecule is CC(C)(C)OC(=O)Nc1ccc(Cl)cc1CCO. The number of aliphatic hydroxyl groups is 1. The third-order valence-corrected chi connectivity index (χ3v) is 2.32. The highest BCUT2D eigenvalue weighted by Gasteiger charge is 2.17. The summed E-state index contributed by atoms with van der Waals surface area (Å²) in [7, 11) is 0. The van der Waals surface area contributed by atoms with E-state index in [0.717, 1.165) is 5.56 Å². The molecule has 0 unspecified atom stereocenters. The lowest BCUT2D eigenvalue weighted by atomic mass is 10.1. The number of aliphatic hydroxyl groups excluding tert-OH is 1. The van der Waals surface area contributed by atoms with Gasteiger partial charge in [0, 0.05) is 17.3 Å². The molecule has 0 aliphatic rings. The van der Waals surface area contributed by atoms with Crippen LogP contribution >= 0.6 is 11.6 Å². The predicted molar refractivity (Wildman–Crippen MR) is 72.1 cm³/mol. The molecule has 0 bridgehead atoms. The van der Waals surface area contributed by atoms with Crippen molar-refractivity contribution >= 4 is 23.4 Å². The van der Waals surface area contributed by atoms with Gasteiger partial charge in [-0.15, -0.1) is 0 Å².